The lowest BCUT2D eigenvalue weighted by atomic mass is 9.99. The maximum Gasteiger partial charge on any atom is 0.222 e. The van der Waals surface area contributed by atoms with Crippen molar-refractivity contribution in [2.24, 2.45) is 0 Å². The number of ether oxygens (including phenoxy) is 4. The van der Waals surface area contributed by atoms with E-state index >= 15 is 0 Å². The van der Waals surface area contributed by atoms with Crippen molar-refractivity contribution in [3.63, 3.8) is 0 Å². The molecule has 3 heterocycles. The molecular formula is C12H20O10. The predicted octanol–water partition coefficient (Wildman–Crippen LogP) is -4.35. The summed E-state index contributed by atoms with van der Waals surface area (Å²) in [7, 11) is 0. The highest BCUT2D eigenvalue weighted by Gasteiger charge is 2.67. The number of rotatable bonds is 3. The maximum atomic E-state index is 10.1. The van der Waals surface area contributed by atoms with Gasteiger partial charge in [-0.3, -0.25) is 0 Å². The maximum absolute atomic E-state index is 10.1. The van der Waals surface area contributed by atoms with Crippen molar-refractivity contribution in [1.29, 1.82) is 0 Å². The van der Waals surface area contributed by atoms with Gasteiger partial charge in [-0.1, -0.05) is 0 Å². The molecule has 0 bridgehead atoms. The second-order valence-electron chi connectivity index (χ2n) is 5.71. The summed E-state index contributed by atoms with van der Waals surface area (Å²) in [6.45, 7) is -2.12. The Balaban J connectivity index is 1.86. The molecule has 6 N–H and O–H groups in total. The second kappa shape index (κ2) is 5.60. The molecule has 3 aliphatic heterocycles. The van der Waals surface area contributed by atoms with Gasteiger partial charge >= 0.3 is 0 Å². The first-order chi connectivity index (χ1) is 10.4. The van der Waals surface area contributed by atoms with Crippen molar-refractivity contribution in [1.82, 2.24) is 0 Å². The molecule has 0 amide bonds. The number of aliphatic hydroxyl groups excluding tert-OH is 6. The minimum Gasteiger partial charge on any atom is -0.394 e. The van der Waals surface area contributed by atoms with Crippen molar-refractivity contribution in [3.8, 4) is 0 Å². The van der Waals surface area contributed by atoms with E-state index in [2.05, 4.69) is 0 Å². The van der Waals surface area contributed by atoms with Crippen LogP contribution in [0.5, 0.6) is 0 Å². The van der Waals surface area contributed by atoms with E-state index in [1.165, 1.54) is 0 Å². The third kappa shape index (κ3) is 2.12. The molecule has 0 aliphatic carbocycles. The normalized spacial score (nSPS) is 54.8. The molecule has 10 nitrogen and oxygen atoms in total. The fraction of sp³-hybridized carbons (Fsp3) is 1.00. The Morgan fingerprint density at radius 2 is 1.50 bits per heavy atom. The SMILES string of the molecule is OC[C@@H]1O[C@@]2(CO)OC[C@]3(O[C@@H]2[C@H]1O)O[C@H](CO)[C@@H](O)[C@@H]3O. The van der Waals surface area contributed by atoms with Crippen LogP contribution >= 0.6 is 0 Å². The first-order valence-electron chi connectivity index (χ1n) is 6.97. The molecule has 0 aromatic heterocycles. The van der Waals surface area contributed by atoms with E-state index in [1.54, 1.807) is 0 Å². The minimum absolute atomic E-state index is 0.399. The first-order valence-corrected chi connectivity index (χ1v) is 6.97. The van der Waals surface area contributed by atoms with Crippen LogP contribution in [0.3, 0.4) is 0 Å². The van der Waals surface area contributed by atoms with Gasteiger partial charge in [-0.25, -0.2) is 0 Å². The Labute approximate surface area is 125 Å². The van der Waals surface area contributed by atoms with Gasteiger partial charge in [0.05, 0.1) is 13.2 Å². The lowest BCUT2D eigenvalue weighted by molar-refractivity contribution is -0.411. The van der Waals surface area contributed by atoms with Crippen LogP contribution in [0.1, 0.15) is 0 Å². The fourth-order valence-corrected chi connectivity index (χ4v) is 3.13. The number of hydrogen-bond acceptors (Lipinski definition) is 10. The summed E-state index contributed by atoms with van der Waals surface area (Å²) in [5.74, 6) is -3.49. The lowest BCUT2D eigenvalue weighted by Crippen LogP contribution is -2.65. The molecule has 0 aromatic carbocycles. The molecule has 0 unspecified atom stereocenters. The van der Waals surface area contributed by atoms with Gasteiger partial charge in [0.25, 0.3) is 0 Å². The Morgan fingerprint density at radius 3 is 2.05 bits per heavy atom. The standard InChI is InChI=1S/C12H20O10/c13-1-5-7(16)9(18)12(21-5)4-19-11(3-15)10(22-12)8(17)6(2-14)20-11/h5-10,13-18H,1-4H2/t5-,6+,7-,8+,9+,10-,11-,12-/m1/s1. The minimum atomic E-state index is -1.80. The molecule has 1 spiro atoms. The zero-order valence-electron chi connectivity index (χ0n) is 11.6. The van der Waals surface area contributed by atoms with E-state index < -0.39 is 74.6 Å². The van der Waals surface area contributed by atoms with Crippen LogP contribution in [0.4, 0.5) is 0 Å². The summed E-state index contributed by atoms with van der Waals surface area (Å²) >= 11 is 0. The van der Waals surface area contributed by atoms with E-state index in [0.717, 1.165) is 0 Å². The van der Waals surface area contributed by atoms with Crippen molar-refractivity contribution in [2.45, 2.75) is 48.2 Å². The van der Waals surface area contributed by atoms with Gasteiger partial charge < -0.3 is 49.6 Å². The highest BCUT2D eigenvalue weighted by molar-refractivity contribution is 5.06. The molecule has 0 saturated carbocycles. The van der Waals surface area contributed by atoms with Gasteiger partial charge in [0.2, 0.25) is 11.6 Å². The monoisotopic (exact) mass is 324 g/mol. The predicted molar refractivity (Wildman–Crippen MR) is 65.3 cm³/mol. The van der Waals surface area contributed by atoms with Crippen molar-refractivity contribution >= 4 is 0 Å². The largest absolute Gasteiger partial charge is 0.394 e. The zero-order chi connectivity index (χ0) is 16.1. The van der Waals surface area contributed by atoms with Crippen LogP contribution in [-0.4, -0.2) is 105 Å². The average molecular weight is 324 g/mol. The Morgan fingerprint density at radius 1 is 0.864 bits per heavy atom. The van der Waals surface area contributed by atoms with Crippen molar-refractivity contribution < 1.29 is 49.6 Å². The van der Waals surface area contributed by atoms with E-state index in [-0.39, 0.29) is 0 Å². The summed E-state index contributed by atoms with van der Waals surface area (Å²) in [6.07, 6.45) is -7.62. The van der Waals surface area contributed by atoms with Gasteiger partial charge in [0, 0.05) is 0 Å². The third-order valence-electron chi connectivity index (χ3n) is 4.41. The molecule has 0 aromatic rings. The molecule has 22 heavy (non-hydrogen) atoms. The zero-order valence-corrected chi connectivity index (χ0v) is 11.6. The highest BCUT2D eigenvalue weighted by Crippen LogP contribution is 2.45. The molecule has 3 fully saturated rings. The van der Waals surface area contributed by atoms with Gasteiger partial charge in [-0.15, -0.1) is 0 Å². The number of fused-ring (bicyclic) bond motifs is 1. The van der Waals surface area contributed by atoms with Crippen LogP contribution < -0.4 is 0 Å². The van der Waals surface area contributed by atoms with Gasteiger partial charge in [-0.05, 0) is 0 Å². The van der Waals surface area contributed by atoms with E-state index in [9.17, 15) is 25.5 Å². The van der Waals surface area contributed by atoms with Gasteiger partial charge in [0.1, 0.15) is 49.8 Å². The first kappa shape index (κ1) is 16.5. The molecule has 128 valence electrons. The Hall–Kier alpha value is -0.400. The molecule has 8 atom stereocenters. The summed E-state index contributed by atoms with van der Waals surface area (Å²) < 4.78 is 21.7. The molecular weight excluding hydrogens is 304 g/mol. The van der Waals surface area contributed by atoms with Crippen LogP contribution in [0.25, 0.3) is 0 Å². The summed E-state index contributed by atoms with van der Waals surface area (Å²) in [6, 6.07) is 0. The van der Waals surface area contributed by atoms with Crippen molar-refractivity contribution in [3.05, 3.63) is 0 Å². The van der Waals surface area contributed by atoms with Crippen LogP contribution in [0.15, 0.2) is 0 Å². The molecule has 0 radical (unpaired) electrons. The number of aliphatic hydroxyl groups is 6. The summed E-state index contributed by atoms with van der Waals surface area (Å²) in [4.78, 5) is 0. The average Bonchev–Trinajstić information content (AvgIpc) is 2.95. The van der Waals surface area contributed by atoms with Crippen LogP contribution in [0.2, 0.25) is 0 Å². The highest BCUT2D eigenvalue weighted by atomic mass is 16.8. The summed E-state index contributed by atoms with van der Waals surface area (Å²) in [5, 5.41) is 58.0. The second-order valence-corrected chi connectivity index (χ2v) is 5.71. The van der Waals surface area contributed by atoms with E-state index in [0.29, 0.717) is 0 Å². The fourth-order valence-electron chi connectivity index (χ4n) is 3.13. The quantitative estimate of drug-likeness (QED) is 0.299. The van der Waals surface area contributed by atoms with Gasteiger partial charge in [0.15, 0.2) is 0 Å². The van der Waals surface area contributed by atoms with E-state index in [4.69, 9.17) is 24.1 Å². The Kier molecular flexibility index (Phi) is 4.19. The molecule has 3 aliphatic rings. The Bertz CT molecular complexity index is 421. The molecule has 10 heteroatoms. The topological polar surface area (TPSA) is 158 Å². The van der Waals surface area contributed by atoms with Crippen molar-refractivity contribution in [2.75, 3.05) is 26.4 Å². The smallest absolute Gasteiger partial charge is 0.222 e. The molecule has 3 saturated heterocycles. The van der Waals surface area contributed by atoms with Gasteiger partial charge in [-0.2, -0.15) is 0 Å². The van der Waals surface area contributed by atoms with Crippen LogP contribution in [0, 0.1) is 0 Å². The number of hydrogen-bond donors (Lipinski definition) is 6. The molecule has 3 rings (SSSR count). The summed E-state index contributed by atoms with van der Waals surface area (Å²) in [5.41, 5.74) is 0. The van der Waals surface area contributed by atoms with E-state index in [1.807, 2.05) is 0 Å². The third-order valence-corrected chi connectivity index (χ3v) is 4.41. The lowest BCUT2D eigenvalue weighted by Gasteiger charge is -2.46. The van der Waals surface area contributed by atoms with Crippen LogP contribution in [-0.2, 0) is 18.9 Å².